The largest absolute Gasteiger partial charge is 0.214 e. The first-order valence-electron chi connectivity index (χ1n) is 3.00. The number of pyridine rings is 1. The highest BCUT2D eigenvalue weighted by atomic mass is 79.9. The third kappa shape index (κ3) is 2.02. The second kappa shape index (κ2) is 3.97. The summed E-state index contributed by atoms with van der Waals surface area (Å²) in [6, 6.07) is 4.53. The van der Waals surface area contributed by atoms with Crippen LogP contribution in [0.25, 0.3) is 0 Å². The number of halogens is 3. The Labute approximate surface area is 85.7 Å². The summed E-state index contributed by atoms with van der Waals surface area (Å²) in [5.74, 6) is -0.643. The molecule has 0 saturated heterocycles. The average Bonchev–Trinajstić information content (AvgIpc) is 2.03. The van der Waals surface area contributed by atoms with E-state index in [9.17, 15) is 4.39 Å². The number of hydrogen-bond donors (Lipinski definition) is 0. The van der Waals surface area contributed by atoms with Crippen LogP contribution in [0.5, 0.6) is 0 Å². The highest BCUT2D eigenvalue weighted by Gasteiger charge is 2.10. The lowest BCUT2D eigenvalue weighted by Crippen LogP contribution is -1.94. The molecule has 12 heavy (non-hydrogen) atoms. The molecule has 0 amide bonds. The molecule has 0 fully saturated rings. The molecular weight excluding hydrogens is 291 g/mol. The van der Waals surface area contributed by atoms with Gasteiger partial charge in [-0.25, -0.2) is 4.98 Å². The summed E-state index contributed by atoms with van der Waals surface area (Å²) in [4.78, 5) is 3.43. The Morgan fingerprint density at radius 1 is 1.50 bits per heavy atom. The molecule has 0 spiro atoms. The first-order valence-corrected chi connectivity index (χ1v) is 4.83. The second-order valence-corrected chi connectivity index (χ2v) is 5.04. The van der Waals surface area contributed by atoms with Crippen LogP contribution in [-0.2, 0) is 0 Å². The second-order valence-electron chi connectivity index (χ2n) is 1.98. The van der Waals surface area contributed by atoms with Crippen molar-refractivity contribution >= 4 is 31.9 Å². The topological polar surface area (TPSA) is 36.7 Å². The first-order chi connectivity index (χ1) is 5.65. The van der Waals surface area contributed by atoms with Crippen molar-refractivity contribution in [1.82, 2.24) is 4.98 Å². The van der Waals surface area contributed by atoms with Crippen LogP contribution >= 0.6 is 31.9 Å². The standard InChI is InChI=1S/C7H3Br2FN2/c8-7(9)4-1-2-6(10)12-5(4)3-11/h1-2,7H. The van der Waals surface area contributed by atoms with Gasteiger partial charge in [0.2, 0.25) is 5.95 Å². The molecule has 2 nitrogen and oxygen atoms in total. The molecule has 5 heteroatoms. The predicted octanol–water partition coefficient (Wildman–Crippen LogP) is 2.88. The summed E-state index contributed by atoms with van der Waals surface area (Å²) in [7, 11) is 0. The Bertz CT molecular complexity index is 333. The molecule has 0 saturated carbocycles. The SMILES string of the molecule is N#Cc1nc(F)ccc1C(Br)Br. The smallest absolute Gasteiger partial charge is 0.208 e. The van der Waals surface area contributed by atoms with E-state index in [2.05, 4.69) is 36.8 Å². The molecule has 1 aromatic heterocycles. The number of rotatable bonds is 1. The molecule has 0 radical (unpaired) electrons. The van der Waals surface area contributed by atoms with Gasteiger partial charge in [-0.1, -0.05) is 31.9 Å². The van der Waals surface area contributed by atoms with Crippen molar-refractivity contribution in [3.05, 3.63) is 29.3 Å². The lowest BCUT2D eigenvalue weighted by molar-refractivity contribution is 0.581. The van der Waals surface area contributed by atoms with E-state index in [1.54, 1.807) is 6.07 Å². The van der Waals surface area contributed by atoms with E-state index in [-0.39, 0.29) is 9.43 Å². The third-order valence-electron chi connectivity index (χ3n) is 1.23. The van der Waals surface area contributed by atoms with Crippen LogP contribution in [0.1, 0.15) is 15.0 Å². The van der Waals surface area contributed by atoms with Crippen molar-refractivity contribution in [3.63, 3.8) is 0 Å². The van der Waals surface area contributed by atoms with Crippen LogP contribution in [0.4, 0.5) is 4.39 Å². The van der Waals surface area contributed by atoms with Gasteiger partial charge >= 0.3 is 0 Å². The van der Waals surface area contributed by atoms with Crippen LogP contribution in [-0.4, -0.2) is 4.98 Å². The van der Waals surface area contributed by atoms with Gasteiger partial charge in [-0.15, -0.1) is 0 Å². The van der Waals surface area contributed by atoms with E-state index >= 15 is 0 Å². The Morgan fingerprint density at radius 3 is 2.67 bits per heavy atom. The van der Waals surface area contributed by atoms with Crippen LogP contribution < -0.4 is 0 Å². The molecule has 0 N–H and O–H groups in total. The lowest BCUT2D eigenvalue weighted by Gasteiger charge is -2.02. The molecule has 1 heterocycles. The fourth-order valence-corrected chi connectivity index (χ4v) is 1.45. The predicted molar refractivity (Wildman–Crippen MR) is 49.5 cm³/mol. The molecular formula is C7H3Br2FN2. The molecule has 0 aliphatic carbocycles. The van der Waals surface area contributed by atoms with Crippen molar-refractivity contribution in [3.8, 4) is 6.07 Å². The summed E-state index contributed by atoms with van der Waals surface area (Å²) in [5.41, 5.74) is 0.715. The van der Waals surface area contributed by atoms with Crippen molar-refractivity contribution in [1.29, 1.82) is 5.26 Å². The van der Waals surface area contributed by atoms with Gasteiger partial charge in [0.05, 0.1) is 3.74 Å². The zero-order valence-corrected chi connectivity index (χ0v) is 8.93. The summed E-state index contributed by atoms with van der Waals surface area (Å²) < 4.78 is 12.3. The van der Waals surface area contributed by atoms with Gasteiger partial charge in [-0.05, 0) is 12.1 Å². The number of nitrogens with zero attached hydrogens (tertiary/aromatic N) is 2. The van der Waals surface area contributed by atoms with Crippen LogP contribution in [0.15, 0.2) is 12.1 Å². The maximum atomic E-state index is 12.5. The fourth-order valence-electron chi connectivity index (χ4n) is 0.712. The normalized spacial score (nSPS) is 9.92. The van der Waals surface area contributed by atoms with Crippen LogP contribution in [0, 0.1) is 17.3 Å². The Morgan fingerprint density at radius 2 is 2.17 bits per heavy atom. The summed E-state index contributed by atoms with van der Waals surface area (Å²) in [6.45, 7) is 0. The molecule has 1 rings (SSSR count). The molecule has 0 bridgehead atoms. The van der Waals surface area contributed by atoms with E-state index in [1.807, 2.05) is 0 Å². The van der Waals surface area contributed by atoms with E-state index in [0.717, 1.165) is 0 Å². The minimum Gasteiger partial charge on any atom is -0.208 e. The minimum absolute atomic E-state index is 0.0914. The van der Waals surface area contributed by atoms with Gasteiger partial charge in [-0.3, -0.25) is 0 Å². The van der Waals surface area contributed by atoms with Crippen LogP contribution in [0.3, 0.4) is 0 Å². The summed E-state index contributed by atoms with van der Waals surface area (Å²) in [5, 5.41) is 8.57. The van der Waals surface area contributed by atoms with Gasteiger partial charge in [-0.2, -0.15) is 9.65 Å². The third-order valence-corrected chi connectivity index (χ3v) is 2.22. The zero-order chi connectivity index (χ0) is 9.14. The van der Waals surface area contributed by atoms with Crippen molar-refractivity contribution in [2.75, 3.05) is 0 Å². The molecule has 0 aliphatic heterocycles. The quantitative estimate of drug-likeness (QED) is 0.590. The Balaban J connectivity index is 3.23. The van der Waals surface area contributed by atoms with E-state index in [0.29, 0.717) is 5.56 Å². The maximum Gasteiger partial charge on any atom is 0.214 e. The van der Waals surface area contributed by atoms with Crippen molar-refractivity contribution in [2.45, 2.75) is 3.74 Å². The highest BCUT2D eigenvalue weighted by molar-refractivity contribution is 9.24. The van der Waals surface area contributed by atoms with E-state index in [1.165, 1.54) is 12.1 Å². The number of nitriles is 1. The van der Waals surface area contributed by atoms with Crippen molar-refractivity contribution in [2.24, 2.45) is 0 Å². The Kier molecular flexibility index (Phi) is 3.18. The number of alkyl halides is 2. The summed E-state index contributed by atoms with van der Waals surface area (Å²) in [6.07, 6.45) is 0. The summed E-state index contributed by atoms with van der Waals surface area (Å²) >= 11 is 6.40. The molecule has 0 aromatic carbocycles. The first kappa shape index (κ1) is 9.62. The van der Waals surface area contributed by atoms with Crippen molar-refractivity contribution < 1.29 is 4.39 Å². The van der Waals surface area contributed by atoms with E-state index < -0.39 is 5.95 Å². The van der Waals surface area contributed by atoms with Gasteiger partial charge in [0.25, 0.3) is 0 Å². The number of hydrogen-bond acceptors (Lipinski definition) is 2. The minimum atomic E-state index is -0.643. The van der Waals surface area contributed by atoms with Gasteiger partial charge in [0.1, 0.15) is 11.8 Å². The van der Waals surface area contributed by atoms with E-state index in [4.69, 9.17) is 5.26 Å². The molecule has 62 valence electrons. The van der Waals surface area contributed by atoms with Gasteiger partial charge in [0, 0.05) is 5.56 Å². The lowest BCUT2D eigenvalue weighted by atomic mass is 10.2. The van der Waals surface area contributed by atoms with Crippen LogP contribution in [0.2, 0.25) is 0 Å². The fraction of sp³-hybridized carbons (Fsp3) is 0.143. The molecule has 0 unspecified atom stereocenters. The molecule has 0 atom stereocenters. The Hall–Kier alpha value is -0.470. The monoisotopic (exact) mass is 292 g/mol. The molecule has 1 aromatic rings. The van der Waals surface area contributed by atoms with Gasteiger partial charge < -0.3 is 0 Å². The molecule has 0 aliphatic rings. The maximum absolute atomic E-state index is 12.5. The average molecular weight is 294 g/mol. The highest BCUT2D eigenvalue weighted by Crippen LogP contribution is 2.30. The number of aromatic nitrogens is 1. The zero-order valence-electron chi connectivity index (χ0n) is 5.76. The van der Waals surface area contributed by atoms with Gasteiger partial charge in [0.15, 0.2) is 0 Å².